The van der Waals surface area contributed by atoms with Gasteiger partial charge in [0.2, 0.25) is 10.0 Å². The lowest BCUT2D eigenvalue weighted by molar-refractivity contribution is -0.131. The van der Waals surface area contributed by atoms with Gasteiger partial charge in [0.25, 0.3) is 0 Å². The first-order valence-corrected chi connectivity index (χ1v) is 7.64. The fraction of sp³-hybridized carbons (Fsp3) is 0.182. The van der Waals surface area contributed by atoms with E-state index in [-0.39, 0.29) is 5.52 Å². The molecule has 0 amide bonds. The van der Waals surface area contributed by atoms with E-state index in [1.165, 1.54) is 24.4 Å². The Morgan fingerprint density at radius 1 is 1.25 bits per heavy atom. The fourth-order valence-corrected chi connectivity index (χ4v) is 3.28. The van der Waals surface area contributed by atoms with E-state index in [0.717, 1.165) is 6.07 Å². The van der Waals surface area contributed by atoms with Crippen LogP contribution < -0.4 is 5.14 Å². The van der Waals surface area contributed by atoms with Crippen LogP contribution in [0, 0.1) is 0 Å². The molecule has 2 N–H and O–H groups in total. The van der Waals surface area contributed by atoms with Crippen LogP contribution in [0.15, 0.2) is 34.9 Å². The van der Waals surface area contributed by atoms with Crippen molar-refractivity contribution >= 4 is 36.9 Å². The van der Waals surface area contributed by atoms with Crippen LogP contribution in [-0.2, 0) is 10.0 Å². The molecule has 20 heavy (non-hydrogen) atoms. The molecule has 1 aromatic heterocycles. The molecule has 1 heterocycles. The van der Waals surface area contributed by atoms with Gasteiger partial charge in [-0.05, 0) is 12.1 Å². The second-order valence-corrected chi connectivity index (χ2v) is 6.55. The van der Waals surface area contributed by atoms with E-state index < -0.39 is 27.0 Å². The third-order valence-electron chi connectivity index (χ3n) is 2.66. The normalized spacial score (nSPS) is 14.4. The molecule has 1 unspecified atom stereocenters. The highest BCUT2D eigenvalue weighted by atomic mass is 79.9. The maximum absolute atomic E-state index is 13.0. The second-order valence-electron chi connectivity index (χ2n) is 4.05. The van der Waals surface area contributed by atoms with Gasteiger partial charge in [-0.2, -0.15) is 13.2 Å². The van der Waals surface area contributed by atoms with Crippen molar-refractivity contribution in [3.8, 4) is 0 Å². The first-order chi connectivity index (χ1) is 9.12. The molecule has 0 aliphatic heterocycles. The minimum Gasteiger partial charge on any atom is -0.256 e. The van der Waals surface area contributed by atoms with Crippen molar-refractivity contribution < 1.29 is 21.6 Å². The monoisotopic (exact) mass is 368 g/mol. The Labute approximate surface area is 121 Å². The fourth-order valence-electron chi connectivity index (χ4n) is 1.91. The third-order valence-corrected chi connectivity index (χ3v) is 4.53. The quantitative estimate of drug-likeness (QED) is 0.885. The standard InChI is InChI=1S/C11H8BrF3N2O2S/c12-8-4-3-7(9-6(8)2-1-5-17-9)10(11(13,14)15)20(16,18)19/h1-5,10H,(H2,16,18,19). The predicted molar refractivity (Wildman–Crippen MR) is 71.3 cm³/mol. The summed E-state index contributed by atoms with van der Waals surface area (Å²) >= 11 is 3.18. The number of hydrogen-bond donors (Lipinski definition) is 1. The van der Waals surface area contributed by atoms with Crippen molar-refractivity contribution in [1.82, 2.24) is 4.98 Å². The molecule has 1 atom stereocenters. The van der Waals surface area contributed by atoms with Gasteiger partial charge in [0, 0.05) is 21.6 Å². The van der Waals surface area contributed by atoms with Gasteiger partial charge < -0.3 is 0 Å². The number of rotatable bonds is 2. The number of benzene rings is 1. The van der Waals surface area contributed by atoms with Crippen LogP contribution in [0.4, 0.5) is 13.2 Å². The number of pyridine rings is 1. The summed E-state index contributed by atoms with van der Waals surface area (Å²) < 4.78 is 62.3. The van der Waals surface area contributed by atoms with Gasteiger partial charge in [-0.25, -0.2) is 13.6 Å². The number of alkyl halides is 3. The lowest BCUT2D eigenvalue weighted by Crippen LogP contribution is -2.33. The van der Waals surface area contributed by atoms with Crippen molar-refractivity contribution in [3.63, 3.8) is 0 Å². The molecule has 0 bridgehead atoms. The summed E-state index contributed by atoms with van der Waals surface area (Å²) in [7, 11) is -4.86. The average Bonchev–Trinajstić information content (AvgIpc) is 2.29. The van der Waals surface area contributed by atoms with Crippen LogP contribution in [0.5, 0.6) is 0 Å². The summed E-state index contributed by atoms with van der Waals surface area (Å²) in [6.45, 7) is 0. The van der Waals surface area contributed by atoms with Gasteiger partial charge in [0.05, 0.1) is 5.52 Å². The van der Waals surface area contributed by atoms with Gasteiger partial charge in [-0.1, -0.05) is 28.1 Å². The molecular weight excluding hydrogens is 361 g/mol. The summed E-state index contributed by atoms with van der Waals surface area (Å²) in [5.41, 5.74) is -0.544. The number of sulfonamides is 1. The van der Waals surface area contributed by atoms with Crippen LogP contribution in [0.25, 0.3) is 10.9 Å². The summed E-state index contributed by atoms with van der Waals surface area (Å²) in [4.78, 5) is 3.84. The highest BCUT2D eigenvalue weighted by molar-refractivity contribution is 9.10. The van der Waals surface area contributed by atoms with E-state index in [0.29, 0.717) is 9.86 Å². The zero-order valence-corrected chi connectivity index (χ0v) is 12.1. The first-order valence-electron chi connectivity index (χ1n) is 5.24. The molecule has 0 fully saturated rings. The number of fused-ring (bicyclic) bond motifs is 1. The maximum atomic E-state index is 13.0. The Hall–Kier alpha value is -1.19. The molecule has 9 heteroatoms. The van der Waals surface area contributed by atoms with Crippen molar-refractivity contribution in [2.24, 2.45) is 5.14 Å². The Kier molecular flexibility index (Phi) is 3.78. The van der Waals surface area contributed by atoms with E-state index in [4.69, 9.17) is 5.14 Å². The SMILES string of the molecule is NS(=O)(=O)C(c1ccc(Br)c2cccnc12)C(F)(F)F. The minimum absolute atomic E-state index is 0.0572. The Bertz CT molecular complexity index is 762. The van der Waals surface area contributed by atoms with E-state index in [1.54, 1.807) is 0 Å². The summed E-state index contributed by atoms with van der Waals surface area (Å²) in [6, 6.07) is 5.47. The molecule has 0 spiro atoms. The Morgan fingerprint density at radius 2 is 1.90 bits per heavy atom. The molecule has 0 radical (unpaired) electrons. The summed E-state index contributed by atoms with van der Waals surface area (Å²) in [6.07, 6.45) is -3.74. The van der Waals surface area contributed by atoms with E-state index in [2.05, 4.69) is 20.9 Å². The van der Waals surface area contributed by atoms with Crippen LogP contribution in [0.3, 0.4) is 0 Å². The molecular formula is C11H8BrF3N2O2S. The topological polar surface area (TPSA) is 73.1 Å². The smallest absolute Gasteiger partial charge is 0.256 e. The van der Waals surface area contributed by atoms with Gasteiger partial charge in [-0.15, -0.1) is 0 Å². The molecule has 0 aliphatic carbocycles. The average molecular weight is 369 g/mol. The van der Waals surface area contributed by atoms with E-state index in [1.807, 2.05) is 0 Å². The van der Waals surface area contributed by atoms with Crippen molar-refractivity contribution in [2.75, 3.05) is 0 Å². The number of hydrogen-bond acceptors (Lipinski definition) is 3. The molecule has 2 rings (SSSR count). The maximum Gasteiger partial charge on any atom is 0.410 e. The largest absolute Gasteiger partial charge is 0.410 e. The van der Waals surface area contributed by atoms with Gasteiger partial charge >= 0.3 is 6.18 Å². The van der Waals surface area contributed by atoms with Crippen molar-refractivity contribution in [2.45, 2.75) is 11.4 Å². The van der Waals surface area contributed by atoms with Crippen molar-refractivity contribution in [3.05, 3.63) is 40.5 Å². The lowest BCUT2D eigenvalue weighted by atomic mass is 10.1. The molecule has 0 aliphatic rings. The number of nitrogens with zero attached hydrogens (tertiary/aromatic N) is 1. The number of aromatic nitrogens is 1. The number of nitrogens with two attached hydrogens (primary N) is 1. The number of primary sulfonamides is 1. The lowest BCUT2D eigenvalue weighted by Gasteiger charge is -2.20. The third kappa shape index (κ3) is 2.79. The molecule has 108 valence electrons. The molecule has 4 nitrogen and oxygen atoms in total. The van der Waals surface area contributed by atoms with Gasteiger partial charge in [0.1, 0.15) is 0 Å². The van der Waals surface area contributed by atoms with E-state index >= 15 is 0 Å². The zero-order valence-electron chi connectivity index (χ0n) is 9.73. The minimum atomic E-state index is -5.02. The van der Waals surface area contributed by atoms with Crippen LogP contribution in [-0.4, -0.2) is 19.6 Å². The van der Waals surface area contributed by atoms with Crippen LogP contribution in [0.2, 0.25) is 0 Å². The predicted octanol–water partition coefficient (Wildman–Crippen LogP) is 2.89. The summed E-state index contributed by atoms with van der Waals surface area (Å²) in [5.74, 6) is 0. The van der Waals surface area contributed by atoms with Crippen LogP contribution >= 0.6 is 15.9 Å². The number of halogens is 4. The molecule has 1 aromatic carbocycles. The highest BCUT2D eigenvalue weighted by Gasteiger charge is 2.49. The second kappa shape index (κ2) is 4.97. The first kappa shape index (κ1) is 15.2. The highest BCUT2D eigenvalue weighted by Crippen LogP contribution is 2.41. The van der Waals surface area contributed by atoms with E-state index in [9.17, 15) is 21.6 Å². The van der Waals surface area contributed by atoms with Gasteiger partial charge in [0.15, 0.2) is 5.25 Å². The zero-order chi connectivity index (χ0) is 15.1. The summed E-state index contributed by atoms with van der Waals surface area (Å²) in [5, 5.41) is 2.31. The molecule has 0 saturated heterocycles. The van der Waals surface area contributed by atoms with Crippen LogP contribution in [0.1, 0.15) is 10.8 Å². The molecule has 0 saturated carbocycles. The molecule has 2 aromatic rings. The Balaban J connectivity index is 2.83. The van der Waals surface area contributed by atoms with Crippen molar-refractivity contribution in [1.29, 1.82) is 0 Å². The Morgan fingerprint density at radius 3 is 2.45 bits per heavy atom. The van der Waals surface area contributed by atoms with Gasteiger partial charge in [-0.3, -0.25) is 4.98 Å².